The number of non-ortho nitro benzene ring substituents is 1. The monoisotopic (exact) mass is 251 g/mol. The minimum Gasteiger partial charge on any atom is -0.347 e. The molecule has 5 nitrogen and oxygen atoms in total. The molecule has 1 saturated heterocycles. The van der Waals surface area contributed by atoms with E-state index in [0.717, 1.165) is 12.0 Å². The summed E-state index contributed by atoms with van der Waals surface area (Å²) >= 11 is 0. The molecule has 0 bridgehead atoms. The molecule has 98 valence electrons. The van der Waals surface area contributed by atoms with Gasteiger partial charge in [-0.25, -0.2) is 0 Å². The van der Waals surface area contributed by atoms with Crippen molar-refractivity contribution in [2.24, 2.45) is 0 Å². The van der Waals surface area contributed by atoms with Crippen LogP contribution in [0.15, 0.2) is 24.3 Å². The average molecular weight is 251 g/mol. The van der Waals surface area contributed by atoms with Gasteiger partial charge < -0.3 is 9.47 Å². The largest absolute Gasteiger partial charge is 0.347 e. The first-order valence-corrected chi connectivity index (χ1v) is 5.97. The average Bonchev–Trinajstić information content (AvgIpc) is 2.26. The first-order valence-electron chi connectivity index (χ1n) is 5.97. The Hall–Kier alpha value is -1.46. The highest BCUT2D eigenvalue weighted by Crippen LogP contribution is 2.36. The van der Waals surface area contributed by atoms with Gasteiger partial charge in [-0.15, -0.1) is 0 Å². The molecule has 1 aliphatic rings. The summed E-state index contributed by atoms with van der Waals surface area (Å²) in [6, 6.07) is 6.51. The third kappa shape index (κ3) is 2.86. The number of nitro groups is 1. The van der Waals surface area contributed by atoms with Crippen LogP contribution in [0, 0.1) is 10.1 Å². The topological polar surface area (TPSA) is 61.6 Å². The first-order chi connectivity index (χ1) is 8.37. The lowest BCUT2D eigenvalue weighted by Gasteiger charge is -2.39. The zero-order chi connectivity index (χ0) is 13.3. The zero-order valence-electron chi connectivity index (χ0n) is 10.8. The maximum Gasteiger partial charge on any atom is 0.269 e. The van der Waals surface area contributed by atoms with Gasteiger partial charge in [-0.2, -0.15) is 0 Å². The standard InChI is InChI=1S/C13H17NO4/c1-9-8-12(18-13(2,3)17-9)10-4-6-11(7-5-10)14(15)16/h4-7,9,12H,8H2,1-3H3/t9-,12-/m1/s1. The Morgan fingerprint density at radius 2 is 1.89 bits per heavy atom. The third-order valence-corrected chi connectivity index (χ3v) is 2.93. The molecule has 1 fully saturated rings. The molecule has 1 heterocycles. The number of hydrogen-bond acceptors (Lipinski definition) is 4. The Bertz CT molecular complexity index is 441. The van der Waals surface area contributed by atoms with Crippen molar-refractivity contribution >= 4 is 5.69 Å². The number of benzene rings is 1. The molecule has 5 heteroatoms. The molecule has 0 N–H and O–H groups in total. The van der Waals surface area contributed by atoms with Crippen LogP contribution in [0.1, 0.15) is 38.9 Å². The molecule has 2 rings (SSSR count). The van der Waals surface area contributed by atoms with Gasteiger partial charge in [0.25, 0.3) is 5.69 Å². The maximum absolute atomic E-state index is 10.6. The normalized spacial score (nSPS) is 26.8. The molecule has 0 radical (unpaired) electrons. The van der Waals surface area contributed by atoms with E-state index in [1.165, 1.54) is 12.1 Å². The summed E-state index contributed by atoms with van der Waals surface area (Å²) in [5.74, 6) is -0.621. The lowest BCUT2D eigenvalue weighted by atomic mass is 10.0. The van der Waals surface area contributed by atoms with Gasteiger partial charge in [0.05, 0.1) is 17.1 Å². The van der Waals surface area contributed by atoms with Crippen LogP contribution in [0.5, 0.6) is 0 Å². The molecule has 1 aromatic carbocycles. The van der Waals surface area contributed by atoms with Gasteiger partial charge in [-0.3, -0.25) is 10.1 Å². The minimum absolute atomic E-state index is 0.0791. The molecule has 0 aromatic heterocycles. The quantitative estimate of drug-likeness (QED) is 0.598. The van der Waals surface area contributed by atoms with Crippen LogP contribution in [-0.4, -0.2) is 16.8 Å². The summed E-state index contributed by atoms with van der Waals surface area (Å²) in [6.45, 7) is 5.75. The molecule has 0 aliphatic carbocycles. The molecular weight excluding hydrogens is 234 g/mol. The molecule has 0 amide bonds. The van der Waals surface area contributed by atoms with Crippen molar-refractivity contribution in [1.29, 1.82) is 0 Å². The Kier molecular flexibility index (Phi) is 3.36. The fourth-order valence-corrected chi connectivity index (χ4v) is 2.27. The van der Waals surface area contributed by atoms with Crippen molar-refractivity contribution in [1.82, 2.24) is 0 Å². The molecule has 0 unspecified atom stereocenters. The zero-order valence-corrected chi connectivity index (χ0v) is 10.8. The Morgan fingerprint density at radius 1 is 1.28 bits per heavy atom. The van der Waals surface area contributed by atoms with Crippen molar-refractivity contribution in [3.8, 4) is 0 Å². The fourth-order valence-electron chi connectivity index (χ4n) is 2.27. The number of rotatable bonds is 2. The van der Waals surface area contributed by atoms with Crippen LogP contribution in [0.25, 0.3) is 0 Å². The van der Waals surface area contributed by atoms with Crippen LogP contribution >= 0.6 is 0 Å². The van der Waals surface area contributed by atoms with Crippen molar-refractivity contribution in [2.75, 3.05) is 0 Å². The summed E-state index contributed by atoms with van der Waals surface area (Å²) in [5, 5.41) is 10.6. The van der Waals surface area contributed by atoms with E-state index < -0.39 is 10.7 Å². The smallest absolute Gasteiger partial charge is 0.269 e. The summed E-state index contributed by atoms with van der Waals surface area (Å²) in [4.78, 5) is 10.2. The highest BCUT2D eigenvalue weighted by atomic mass is 16.7. The van der Waals surface area contributed by atoms with Gasteiger partial charge >= 0.3 is 0 Å². The third-order valence-electron chi connectivity index (χ3n) is 2.93. The molecule has 1 aromatic rings. The Balaban J connectivity index is 2.18. The molecule has 1 aliphatic heterocycles. The van der Waals surface area contributed by atoms with E-state index in [0.29, 0.717) is 0 Å². The maximum atomic E-state index is 10.6. The van der Waals surface area contributed by atoms with E-state index in [-0.39, 0.29) is 17.9 Å². The second kappa shape index (κ2) is 4.66. The van der Waals surface area contributed by atoms with Gasteiger partial charge in [-0.05, 0) is 38.5 Å². The molecule has 0 saturated carbocycles. The van der Waals surface area contributed by atoms with Crippen molar-refractivity contribution in [3.05, 3.63) is 39.9 Å². The predicted octanol–water partition coefficient (Wildman–Crippen LogP) is 3.20. The summed E-state index contributed by atoms with van der Waals surface area (Å²) in [7, 11) is 0. The molecular formula is C13H17NO4. The van der Waals surface area contributed by atoms with Gasteiger partial charge in [0.15, 0.2) is 5.79 Å². The second-order valence-electron chi connectivity index (χ2n) is 5.02. The second-order valence-corrected chi connectivity index (χ2v) is 5.02. The van der Waals surface area contributed by atoms with Crippen LogP contribution in [0.2, 0.25) is 0 Å². The van der Waals surface area contributed by atoms with Crippen LogP contribution in [0.4, 0.5) is 5.69 Å². The number of ether oxygens (including phenoxy) is 2. The number of nitro benzene ring substituents is 1. The van der Waals surface area contributed by atoms with Gasteiger partial charge in [-0.1, -0.05) is 0 Å². The molecule has 2 atom stereocenters. The lowest BCUT2D eigenvalue weighted by Crippen LogP contribution is -2.40. The lowest BCUT2D eigenvalue weighted by molar-refractivity contribution is -0.384. The van der Waals surface area contributed by atoms with Crippen LogP contribution in [0.3, 0.4) is 0 Å². The minimum atomic E-state index is -0.621. The van der Waals surface area contributed by atoms with E-state index in [9.17, 15) is 10.1 Å². The highest BCUT2D eigenvalue weighted by molar-refractivity contribution is 5.34. The summed E-state index contributed by atoms with van der Waals surface area (Å²) < 4.78 is 11.5. The summed E-state index contributed by atoms with van der Waals surface area (Å²) in [6.07, 6.45) is 0.778. The van der Waals surface area contributed by atoms with E-state index in [2.05, 4.69) is 0 Å². The number of nitrogens with zero attached hydrogens (tertiary/aromatic N) is 1. The highest BCUT2D eigenvalue weighted by Gasteiger charge is 2.34. The van der Waals surface area contributed by atoms with Gasteiger partial charge in [0.2, 0.25) is 0 Å². The predicted molar refractivity (Wildman–Crippen MR) is 66.2 cm³/mol. The van der Waals surface area contributed by atoms with Crippen molar-refractivity contribution < 1.29 is 14.4 Å². The van der Waals surface area contributed by atoms with Crippen molar-refractivity contribution in [3.63, 3.8) is 0 Å². The van der Waals surface area contributed by atoms with Gasteiger partial charge in [0.1, 0.15) is 0 Å². The Labute approximate surface area is 106 Å². The first kappa shape index (κ1) is 13.0. The number of hydrogen-bond donors (Lipinski definition) is 0. The van der Waals surface area contributed by atoms with E-state index in [1.807, 2.05) is 20.8 Å². The SMILES string of the molecule is C[C@@H]1C[C@H](c2ccc([N+](=O)[O-])cc2)OC(C)(C)O1. The summed E-state index contributed by atoms with van der Waals surface area (Å²) in [5.41, 5.74) is 1.04. The van der Waals surface area contributed by atoms with Crippen LogP contribution in [-0.2, 0) is 9.47 Å². The molecule has 0 spiro atoms. The van der Waals surface area contributed by atoms with E-state index in [1.54, 1.807) is 12.1 Å². The Morgan fingerprint density at radius 3 is 2.39 bits per heavy atom. The van der Waals surface area contributed by atoms with E-state index >= 15 is 0 Å². The van der Waals surface area contributed by atoms with Crippen LogP contribution < -0.4 is 0 Å². The van der Waals surface area contributed by atoms with Gasteiger partial charge in [0, 0.05) is 18.6 Å². The van der Waals surface area contributed by atoms with E-state index in [4.69, 9.17) is 9.47 Å². The molecule has 18 heavy (non-hydrogen) atoms. The fraction of sp³-hybridized carbons (Fsp3) is 0.538. The van der Waals surface area contributed by atoms with Crippen molar-refractivity contribution in [2.45, 2.75) is 45.2 Å².